The molecule has 128 valence electrons. The number of aryl methyl sites for hydroxylation is 1. The van der Waals surface area contributed by atoms with E-state index in [1.165, 1.54) is 11.1 Å². The number of fused-ring (bicyclic) bond motifs is 1. The number of hydrogen-bond acceptors (Lipinski definition) is 3. The van der Waals surface area contributed by atoms with Gasteiger partial charge in [0.05, 0.1) is 6.10 Å². The van der Waals surface area contributed by atoms with Gasteiger partial charge in [-0.1, -0.05) is 38.1 Å². The van der Waals surface area contributed by atoms with Gasteiger partial charge in [-0.15, -0.1) is 0 Å². The van der Waals surface area contributed by atoms with Crippen molar-refractivity contribution >= 4 is 17.8 Å². The number of amides is 2. The molecular weight excluding hydrogens is 308 g/mol. The molecule has 0 saturated heterocycles. The lowest BCUT2D eigenvalue weighted by molar-refractivity contribution is 0.129. The van der Waals surface area contributed by atoms with E-state index in [0.717, 1.165) is 12.2 Å². The molecule has 1 aliphatic heterocycles. The number of urea groups is 1. The predicted molar refractivity (Wildman–Crippen MR) is 96.8 cm³/mol. The van der Waals surface area contributed by atoms with Crippen LogP contribution in [0.25, 0.3) is 0 Å². The van der Waals surface area contributed by atoms with Crippen LogP contribution < -0.4 is 10.6 Å². The Hall–Kier alpha value is -1.20. The molecule has 1 aromatic carbocycles. The van der Waals surface area contributed by atoms with Crippen molar-refractivity contribution in [2.45, 2.75) is 45.0 Å². The van der Waals surface area contributed by atoms with Gasteiger partial charge in [0.25, 0.3) is 0 Å². The van der Waals surface area contributed by atoms with E-state index < -0.39 is 0 Å². The lowest BCUT2D eigenvalue weighted by atomic mass is 9.87. The van der Waals surface area contributed by atoms with Gasteiger partial charge >= 0.3 is 6.03 Å². The van der Waals surface area contributed by atoms with Crippen LogP contribution in [0.1, 0.15) is 43.6 Å². The van der Waals surface area contributed by atoms with Crippen molar-refractivity contribution in [1.82, 2.24) is 10.6 Å². The molecule has 0 bridgehead atoms. The first-order valence-corrected chi connectivity index (χ1v) is 9.31. The fraction of sp³-hybridized carbons (Fsp3) is 0.611. The van der Waals surface area contributed by atoms with Gasteiger partial charge in [-0.3, -0.25) is 0 Å². The van der Waals surface area contributed by atoms with Gasteiger partial charge in [-0.05, 0) is 42.1 Å². The third-order valence-electron chi connectivity index (χ3n) is 4.12. The van der Waals surface area contributed by atoms with Crippen molar-refractivity contribution in [3.8, 4) is 0 Å². The number of hydrogen-bond donors (Lipinski definition) is 3. The van der Waals surface area contributed by atoms with Gasteiger partial charge in [0.2, 0.25) is 0 Å². The monoisotopic (exact) mass is 336 g/mol. The molecule has 3 N–H and O–H groups in total. The van der Waals surface area contributed by atoms with Gasteiger partial charge in [-0.2, -0.15) is 11.8 Å². The number of benzene rings is 1. The molecule has 2 rings (SSSR count). The maximum atomic E-state index is 12.0. The largest absolute Gasteiger partial charge is 0.393 e. The van der Waals surface area contributed by atoms with Gasteiger partial charge < -0.3 is 15.7 Å². The zero-order valence-electron chi connectivity index (χ0n) is 14.3. The molecule has 0 spiro atoms. The normalized spacial score (nSPS) is 18.9. The molecule has 2 atom stereocenters. The molecule has 5 heteroatoms. The smallest absolute Gasteiger partial charge is 0.314 e. The van der Waals surface area contributed by atoms with Crippen molar-refractivity contribution in [3.63, 3.8) is 0 Å². The van der Waals surface area contributed by atoms with Gasteiger partial charge in [0, 0.05) is 18.3 Å². The number of nitrogens with one attached hydrogen (secondary N) is 2. The maximum absolute atomic E-state index is 12.0. The van der Waals surface area contributed by atoms with Crippen LogP contribution in [0.4, 0.5) is 4.79 Å². The zero-order valence-corrected chi connectivity index (χ0v) is 15.1. The Morgan fingerprint density at radius 1 is 1.39 bits per heavy atom. The summed E-state index contributed by atoms with van der Waals surface area (Å²) in [7, 11) is 0. The van der Waals surface area contributed by atoms with E-state index in [4.69, 9.17) is 0 Å². The quantitative estimate of drug-likeness (QED) is 0.748. The summed E-state index contributed by atoms with van der Waals surface area (Å²) >= 11 is 1.90. The van der Waals surface area contributed by atoms with Crippen molar-refractivity contribution in [3.05, 3.63) is 35.4 Å². The van der Waals surface area contributed by atoms with Crippen molar-refractivity contribution < 1.29 is 9.90 Å². The van der Waals surface area contributed by atoms with Gasteiger partial charge in [0.1, 0.15) is 0 Å². The lowest BCUT2D eigenvalue weighted by Gasteiger charge is -2.27. The molecule has 0 fully saturated rings. The number of aliphatic hydroxyl groups excluding tert-OH is 1. The van der Waals surface area contributed by atoms with Crippen molar-refractivity contribution in [1.29, 1.82) is 0 Å². The molecule has 0 saturated carbocycles. The second kappa shape index (κ2) is 8.06. The minimum atomic E-state index is -0.356. The summed E-state index contributed by atoms with van der Waals surface area (Å²) in [5.74, 6) is 1.10. The summed E-state index contributed by atoms with van der Waals surface area (Å²) in [6.45, 7) is 7.07. The summed E-state index contributed by atoms with van der Waals surface area (Å²) in [5, 5.41) is 15.7. The van der Waals surface area contributed by atoms with E-state index in [1.807, 2.05) is 25.6 Å². The van der Waals surface area contributed by atoms with Crippen LogP contribution >= 0.6 is 11.8 Å². The summed E-state index contributed by atoms with van der Waals surface area (Å²) in [5.41, 5.74) is 2.63. The van der Waals surface area contributed by atoms with Gasteiger partial charge in [0.15, 0.2) is 0 Å². The second-order valence-electron chi connectivity index (χ2n) is 7.09. The average molecular weight is 337 g/mol. The molecule has 0 aromatic heterocycles. The minimum absolute atomic E-state index is 0.113. The Kier molecular flexibility index (Phi) is 6.36. The van der Waals surface area contributed by atoms with Crippen LogP contribution in [0.5, 0.6) is 0 Å². The fourth-order valence-electron chi connectivity index (χ4n) is 3.09. The number of aliphatic hydroxyl groups is 1. The Morgan fingerprint density at radius 2 is 2.13 bits per heavy atom. The number of rotatable bonds is 6. The van der Waals surface area contributed by atoms with E-state index in [2.05, 4.69) is 34.9 Å². The first-order chi connectivity index (χ1) is 10.9. The highest BCUT2D eigenvalue weighted by atomic mass is 32.2. The van der Waals surface area contributed by atoms with Crippen molar-refractivity contribution in [2.24, 2.45) is 5.41 Å². The number of thioether (sulfide) groups is 1. The molecule has 0 aliphatic carbocycles. The van der Waals surface area contributed by atoms with Crippen LogP contribution in [0.3, 0.4) is 0 Å². The predicted octanol–water partition coefficient (Wildman–Crippen LogP) is 3.11. The molecule has 1 aromatic rings. The van der Waals surface area contributed by atoms with Crippen LogP contribution in [-0.2, 0) is 6.42 Å². The third-order valence-corrected chi connectivity index (χ3v) is 5.38. The van der Waals surface area contributed by atoms with E-state index in [1.54, 1.807) is 6.92 Å². The van der Waals surface area contributed by atoms with Gasteiger partial charge in [-0.25, -0.2) is 4.79 Å². The first-order valence-electron chi connectivity index (χ1n) is 8.26. The lowest BCUT2D eigenvalue weighted by Crippen LogP contribution is -2.42. The topological polar surface area (TPSA) is 61.4 Å². The molecular formula is C18H28N2O2S. The highest BCUT2D eigenvalue weighted by Crippen LogP contribution is 2.35. The molecule has 23 heavy (non-hydrogen) atoms. The summed E-state index contributed by atoms with van der Waals surface area (Å²) in [6.07, 6.45) is 1.42. The Bertz CT molecular complexity index is 532. The molecule has 2 amide bonds. The Labute approximate surface area is 143 Å². The Morgan fingerprint density at radius 3 is 2.87 bits per heavy atom. The third kappa shape index (κ3) is 5.74. The van der Waals surface area contributed by atoms with Crippen LogP contribution in [0.15, 0.2) is 24.3 Å². The minimum Gasteiger partial charge on any atom is -0.393 e. The SMILES string of the molecule is C[C@H](O)CC(C)(C)CNC(=O)NC[C@@H]1SCCc2ccccc21. The van der Waals surface area contributed by atoms with E-state index in [-0.39, 0.29) is 17.6 Å². The average Bonchev–Trinajstić information content (AvgIpc) is 2.49. The summed E-state index contributed by atoms with van der Waals surface area (Å²) in [6, 6.07) is 8.36. The number of carbonyl (C=O) groups excluding carboxylic acids is 1. The summed E-state index contributed by atoms with van der Waals surface area (Å²) < 4.78 is 0. The maximum Gasteiger partial charge on any atom is 0.314 e. The first kappa shape index (κ1) is 18.1. The van der Waals surface area contributed by atoms with E-state index in [9.17, 15) is 9.90 Å². The standard InChI is InChI=1S/C18H28N2O2S/c1-13(21)10-18(2,3)12-20-17(22)19-11-16-15-7-5-4-6-14(15)8-9-23-16/h4-7,13,16,21H,8-12H2,1-3H3,(H2,19,20,22)/t13-,16-/m0/s1. The molecule has 1 aliphatic rings. The van der Waals surface area contributed by atoms with Crippen LogP contribution in [-0.4, -0.2) is 36.1 Å². The fourth-order valence-corrected chi connectivity index (χ4v) is 4.32. The van der Waals surface area contributed by atoms with Crippen LogP contribution in [0.2, 0.25) is 0 Å². The molecule has 1 heterocycles. The summed E-state index contributed by atoms with van der Waals surface area (Å²) in [4.78, 5) is 12.0. The number of carbonyl (C=O) groups is 1. The van der Waals surface area contributed by atoms with Crippen molar-refractivity contribution in [2.75, 3.05) is 18.8 Å². The molecule has 0 radical (unpaired) electrons. The molecule has 0 unspecified atom stereocenters. The second-order valence-corrected chi connectivity index (χ2v) is 8.40. The van der Waals surface area contributed by atoms with E-state index >= 15 is 0 Å². The van der Waals surface area contributed by atoms with Crippen LogP contribution in [0, 0.1) is 5.41 Å². The Balaban J connectivity index is 1.79. The zero-order chi connectivity index (χ0) is 16.9. The van der Waals surface area contributed by atoms with E-state index in [0.29, 0.717) is 24.8 Å². The molecule has 4 nitrogen and oxygen atoms in total. The highest BCUT2D eigenvalue weighted by molar-refractivity contribution is 7.99. The highest BCUT2D eigenvalue weighted by Gasteiger charge is 2.23.